The van der Waals surface area contributed by atoms with Crippen LogP contribution < -0.4 is 0 Å². The fourth-order valence-corrected chi connectivity index (χ4v) is 5.67. The molecule has 1 aromatic rings. The van der Waals surface area contributed by atoms with Gasteiger partial charge in [0.15, 0.2) is 0 Å². The van der Waals surface area contributed by atoms with E-state index < -0.39 is 0 Å². The average Bonchev–Trinajstić information content (AvgIpc) is 3.13. The number of carbonyl (C=O) groups is 2. The molecular weight excluding hydrogens is 390 g/mol. The lowest BCUT2D eigenvalue weighted by Crippen LogP contribution is -2.52. The molecular formula is C25H37N3O3. The Bertz CT molecular complexity index is 766. The minimum atomic E-state index is 0.0551. The fourth-order valence-electron chi connectivity index (χ4n) is 5.67. The lowest BCUT2D eigenvalue weighted by molar-refractivity contribution is -0.133. The van der Waals surface area contributed by atoms with E-state index in [9.17, 15) is 9.59 Å². The molecule has 3 aliphatic rings. The molecule has 4 rings (SSSR count). The highest BCUT2D eigenvalue weighted by atomic mass is 16.5. The van der Waals surface area contributed by atoms with Crippen molar-refractivity contribution in [2.75, 3.05) is 46.4 Å². The van der Waals surface area contributed by atoms with Crippen LogP contribution in [0.1, 0.15) is 60.9 Å². The summed E-state index contributed by atoms with van der Waals surface area (Å²) in [6.07, 6.45) is 7.60. The summed E-state index contributed by atoms with van der Waals surface area (Å²) in [7, 11) is 1.71. The van der Waals surface area contributed by atoms with Gasteiger partial charge in [0.25, 0.3) is 5.91 Å². The molecule has 0 bridgehead atoms. The van der Waals surface area contributed by atoms with Crippen LogP contribution in [0.5, 0.6) is 0 Å². The van der Waals surface area contributed by atoms with Crippen LogP contribution in [0.3, 0.4) is 0 Å². The van der Waals surface area contributed by atoms with Crippen LogP contribution in [0.15, 0.2) is 24.3 Å². The number of amides is 2. The third-order valence-corrected chi connectivity index (χ3v) is 7.30. The maximum absolute atomic E-state index is 13.2. The van der Waals surface area contributed by atoms with E-state index in [4.69, 9.17) is 4.74 Å². The molecule has 0 aromatic heterocycles. The third-order valence-electron chi connectivity index (χ3n) is 7.30. The van der Waals surface area contributed by atoms with Crippen LogP contribution in [0, 0.1) is 5.92 Å². The van der Waals surface area contributed by atoms with Gasteiger partial charge in [-0.25, -0.2) is 0 Å². The van der Waals surface area contributed by atoms with E-state index in [2.05, 4.69) is 9.80 Å². The van der Waals surface area contributed by atoms with E-state index in [1.807, 2.05) is 29.2 Å². The molecule has 0 radical (unpaired) electrons. The Morgan fingerprint density at radius 3 is 2.84 bits per heavy atom. The number of ether oxygens (including phenoxy) is 1. The largest absolute Gasteiger partial charge is 0.385 e. The molecule has 0 aliphatic carbocycles. The first-order valence-corrected chi connectivity index (χ1v) is 12.1. The second-order valence-electron chi connectivity index (χ2n) is 9.32. The van der Waals surface area contributed by atoms with Gasteiger partial charge in [0.05, 0.1) is 0 Å². The van der Waals surface area contributed by atoms with Crippen molar-refractivity contribution in [3.8, 4) is 0 Å². The number of hydrogen-bond donors (Lipinski definition) is 0. The van der Waals surface area contributed by atoms with Gasteiger partial charge in [-0.1, -0.05) is 24.6 Å². The van der Waals surface area contributed by atoms with E-state index in [0.29, 0.717) is 38.1 Å². The van der Waals surface area contributed by atoms with Gasteiger partial charge in [0.1, 0.15) is 0 Å². The van der Waals surface area contributed by atoms with Crippen molar-refractivity contribution < 1.29 is 14.3 Å². The van der Waals surface area contributed by atoms with Gasteiger partial charge in [-0.2, -0.15) is 0 Å². The molecule has 2 atom stereocenters. The van der Waals surface area contributed by atoms with Crippen LogP contribution in [-0.4, -0.2) is 79.0 Å². The zero-order valence-corrected chi connectivity index (χ0v) is 18.9. The summed E-state index contributed by atoms with van der Waals surface area (Å²) in [5.74, 6) is 0.797. The predicted molar refractivity (Wildman–Crippen MR) is 121 cm³/mol. The quantitative estimate of drug-likeness (QED) is 0.568. The molecule has 3 heterocycles. The van der Waals surface area contributed by atoms with Crippen LogP contribution >= 0.6 is 0 Å². The van der Waals surface area contributed by atoms with Crippen LogP contribution in [-0.2, 0) is 16.1 Å². The molecule has 170 valence electrons. The third kappa shape index (κ3) is 5.29. The summed E-state index contributed by atoms with van der Waals surface area (Å²) in [6.45, 7) is 5.80. The van der Waals surface area contributed by atoms with Crippen molar-refractivity contribution in [2.45, 2.75) is 57.5 Å². The van der Waals surface area contributed by atoms with Crippen LogP contribution in [0.25, 0.3) is 0 Å². The zero-order valence-electron chi connectivity index (χ0n) is 18.9. The fraction of sp³-hybridized carbons (Fsp3) is 0.680. The highest BCUT2D eigenvalue weighted by Crippen LogP contribution is 2.31. The van der Waals surface area contributed by atoms with E-state index in [-0.39, 0.29) is 11.8 Å². The number of benzene rings is 1. The van der Waals surface area contributed by atoms with Gasteiger partial charge in [-0.05, 0) is 62.7 Å². The molecule has 2 saturated heterocycles. The highest BCUT2D eigenvalue weighted by Gasteiger charge is 2.35. The predicted octanol–water partition coefficient (Wildman–Crippen LogP) is 3.16. The summed E-state index contributed by atoms with van der Waals surface area (Å²) in [5, 5.41) is 0. The minimum absolute atomic E-state index is 0.0551. The molecule has 0 spiro atoms. The number of rotatable bonds is 9. The Morgan fingerprint density at radius 1 is 1.16 bits per heavy atom. The molecule has 0 N–H and O–H groups in total. The molecule has 31 heavy (non-hydrogen) atoms. The first-order valence-electron chi connectivity index (χ1n) is 12.1. The second kappa shape index (κ2) is 10.6. The highest BCUT2D eigenvalue weighted by molar-refractivity contribution is 5.98. The van der Waals surface area contributed by atoms with Gasteiger partial charge in [-0.3, -0.25) is 9.59 Å². The Balaban J connectivity index is 1.35. The first kappa shape index (κ1) is 22.3. The molecule has 2 fully saturated rings. The van der Waals surface area contributed by atoms with Gasteiger partial charge in [0.2, 0.25) is 5.91 Å². The molecule has 0 unspecified atom stereocenters. The van der Waals surface area contributed by atoms with E-state index in [1.165, 1.54) is 45.2 Å². The summed E-state index contributed by atoms with van der Waals surface area (Å²) < 4.78 is 5.24. The van der Waals surface area contributed by atoms with E-state index in [1.54, 1.807) is 7.11 Å². The Hall–Kier alpha value is -1.92. The van der Waals surface area contributed by atoms with Gasteiger partial charge in [0, 0.05) is 57.9 Å². The Morgan fingerprint density at radius 2 is 2.00 bits per heavy atom. The monoisotopic (exact) mass is 427 g/mol. The van der Waals surface area contributed by atoms with Crippen molar-refractivity contribution in [3.63, 3.8) is 0 Å². The minimum Gasteiger partial charge on any atom is -0.385 e. The number of hydrogen-bond acceptors (Lipinski definition) is 4. The lowest BCUT2D eigenvalue weighted by Gasteiger charge is -2.45. The summed E-state index contributed by atoms with van der Waals surface area (Å²) >= 11 is 0. The molecule has 6 nitrogen and oxygen atoms in total. The normalized spacial score (nSPS) is 23.5. The molecule has 1 aromatic carbocycles. The maximum atomic E-state index is 13.2. The molecule has 6 heteroatoms. The van der Waals surface area contributed by atoms with Crippen molar-refractivity contribution in [1.82, 2.24) is 14.7 Å². The second-order valence-corrected chi connectivity index (χ2v) is 9.32. The standard InChI is InChI=1S/C25H37N3O3/c1-31-17-7-15-27(19-21-9-6-14-26-13-5-4-11-23(21)26)24(29)12-16-28-18-20-8-2-3-10-22(20)25(28)30/h2-3,8,10,21,23H,4-7,9,11-19H2,1H3/t21-,23+/m0/s1. The van der Waals surface area contributed by atoms with Gasteiger partial charge >= 0.3 is 0 Å². The van der Waals surface area contributed by atoms with Gasteiger partial charge < -0.3 is 19.4 Å². The zero-order chi connectivity index (χ0) is 21.6. The average molecular weight is 428 g/mol. The summed E-state index contributed by atoms with van der Waals surface area (Å²) in [6, 6.07) is 8.40. The number of nitrogens with zero attached hydrogens (tertiary/aromatic N) is 3. The SMILES string of the molecule is COCCCN(C[C@@H]1CCCN2CCCC[C@H]12)C(=O)CCN1Cc2ccccc2C1=O. The van der Waals surface area contributed by atoms with Crippen molar-refractivity contribution in [2.24, 2.45) is 5.92 Å². The van der Waals surface area contributed by atoms with E-state index >= 15 is 0 Å². The maximum Gasteiger partial charge on any atom is 0.254 e. The van der Waals surface area contributed by atoms with E-state index in [0.717, 1.165) is 30.6 Å². The van der Waals surface area contributed by atoms with Crippen molar-refractivity contribution in [3.05, 3.63) is 35.4 Å². The first-order chi connectivity index (χ1) is 15.2. The molecule has 0 saturated carbocycles. The topological polar surface area (TPSA) is 53.1 Å². The number of piperidine rings is 2. The Kier molecular flexibility index (Phi) is 7.62. The smallest absolute Gasteiger partial charge is 0.254 e. The summed E-state index contributed by atoms with van der Waals surface area (Å²) in [4.78, 5) is 32.4. The van der Waals surface area contributed by atoms with Crippen LogP contribution in [0.2, 0.25) is 0 Å². The number of carbonyl (C=O) groups excluding carboxylic acids is 2. The molecule has 3 aliphatic heterocycles. The Labute approximate surface area is 186 Å². The molecule has 2 amide bonds. The van der Waals surface area contributed by atoms with Gasteiger partial charge in [-0.15, -0.1) is 0 Å². The summed E-state index contributed by atoms with van der Waals surface area (Å²) in [5.41, 5.74) is 1.85. The number of fused-ring (bicyclic) bond motifs is 2. The lowest BCUT2D eigenvalue weighted by atomic mass is 9.83. The number of methoxy groups -OCH3 is 1. The van der Waals surface area contributed by atoms with Crippen molar-refractivity contribution in [1.29, 1.82) is 0 Å². The van der Waals surface area contributed by atoms with Crippen LogP contribution in [0.4, 0.5) is 0 Å². The van der Waals surface area contributed by atoms with Crippen molar-refractivity contribution >= 4 is 11.8 Å².